The molecule has 0 saturated carbocycles. The lowest BCUT2D eigenvalue weighted by Crippen LogP contribution is -2.42. The second-order valence-corrected chi connectivity index (χ2v) is 5.34. The van der Waals surface area contributed by atoms with E-state index in [-0.39, 0.29) is 12.3 Å². The smallest absolute Gasteiger partial charge is 0.326 e. The summed E-state index contributed by atoms with van der Waals surface area (Å²) in [7, 11) is 0. The summed E-state index contributed by atoms with van der Waals surface area (Å²) in [5.74, 6) is -1.44. The summed E-state index contributed by atoms with van der Waals surface area (Å²) in [6.07, 6.45) is 3.18. The Morgan fingerprint density at radius 1 is 1.53 bits per heavy atom. The van der Waals surface area contributed by atoms with Crippen molar-refractivity contribution in [1.82, 2.24) is 15.3 Å². The van der Waals surface area contributed by atoms with Gasteiger partial charge in [-0.25, -0.2) is 9.78 Å². The first-order valence-electron chi connectivity index (χ1n) is 5.63. The molecule has 1 amide bonds. The number of aliphatic carboxylic acids is 1. The molecule has 0 aliphatic carbocycles. The van der Waals surface area contributed by atoms with Gasteiger partial charge in [-0.15, -0.1) is 11.3 Å². The average molecular weight is 279 g/mol. The fourth-order valence-corrected chi connectivity index (χ4v) is 2.37. The highest BCUT2D eigenvalue weighted by Gasteiger charge is 2.22. The minimum atomic E-state index is -1.07. The first kappa shape index (κ1) is 13.3. The fraction of sp³-hybridized carbons (Fsp3) is 0.250. The number of H-pyrrole nitrogens is 1. The van der Waals surface area contributed by atoms with Crippen LogP contribution in [0.3, 0.4) is 0 Å². The molecule has 0 saturated heterocycles. The monoisotopic (exact) mass is 279 g/mol. The Balaban J connectivity index is 2.04. The highest BCUT2D eigenvalue weighted by molar-refractivity contribution is 7.13. The molecule has 0 radical (unpaired) electrons. The number of carboxylic acid groups (broad SMARTS) is 1. The minimum Gasteiger partial charge on any atom is -0.480 e. The van der Waals surface area contributed by atoms with Gasteiger partial charge in [0.25, 0.3) is 5.91 Å². The molecule has 0 spiro atoms. The lowest BCUT2D eigenvalue weighted by atomic mass is 10.1. The Bertz CT molecular complexity index is 577. The zero-order chi connectivity index (χ0) is 13.8. The standard InChI is InChI=1S/C12H13N3O3S/c1-7-2-3-10(19-7)11(16)15-9(12(17)18)4-8-5-13-6-14-8/h2-3,5-6,9H,4H2,1H3,(H,13,14)(H,15,16)(H,17,18)/t9-/m0/s1. The predicted octanol–water partition coefficient (Wildman–Crippen LogP) is 1.21. The zero-order valence-electron chi connectivity index (χ0n) is 10.2. The van der Waals surface area contributed by atoms with E-state index in [1.54, 1.807) is 6.07 Å². The van der Waals surface area contributed by atoms with Crippen LogP contribution in [0.1, 0.15) is 20.2 Å². The minimum absolute atomic E-state index is 0.172. The number of aromatic amines is 1. The number of hydrogen-bond acceptors (Lipinski definition) is 4. The number of aryl methyl sites for hydroxylation is 1. The predicted molar refractivity (Wildman–Crippen MR) is 70.2 cm³/mol. The number of aromatic nitrogens is 2. The maximum absolute atomic E-state index is 11.9. The maximum atomic E-state index is 11.9. The van der Waals surface area contributed by atoms with Crippen molar-refractivity contribution in [1.29, 1.82) is 0 Å². The number of carboxylic acids is 1. The van der Waals surface area contributed by atoms with Crippen molar-refractivity contribution in [2.24, 2.45) is 0 Å². The molecule has 2 heterocycles. The van der Waals surface area contributed by atoms with E-state index in [0.717, 1.165) is 4.88 Å². The van der Waals surface area contributed by atoms with Gasteiger partial charge in [0.1, 0.15) is 6.04 Å². The van der Waals surface area contributed by atoms with Crippen LogP contribution in [-0.2, 0) is 11.2 Å². The van der Waals surface area contributed by atoms with E-state index in [1.165, 1.54) is 23.9 Å². The quantitative estimate of drug-likeness (QED) is 0.766. The Hall–Kier alpha value is -2.15. The first-order chi connectivity index (χ1) is 9.06. The number of imidazole rings is 1. The van der Waals surface area contributed by atoms with Crippen molar-refractivity contribution >= 4 is 23.2 Å². The highest BCUT2D eigenvalue weighted by Crippen LogP contribution is 2.15. The molecule has 6 nitrogen and oxygen atoms in total. The molecule has 1 atom stereocenters. The van der Waals surface area contributed by atoms with Crippen molar-refractivity contribution in [3.05, 3.63) is 40.1 Å². The number of nitrogens with one attached hydrogen (secondary N) is 2. The van der Waals surface area contributed by atoms with Crippen LogP contribution in [-0.4, -0.2) is 33.0 Å². The van der Waals surface area contributed by atoms with Crippen LogP contribution in [0.4, 0.5) is 0 Å². The number of rotatable bonds is 5. The first-order valence-corrected chi connectivity index (χ1v) is 6.45. The topological polar surface area (TPSA) is 95.1 Å². The van der Waals surface area contributed by atoms with Crippen LogP contribution in [0.2, 0.25) is 0 Å². The molecule has 19 heavy (non-hydrogen) atoms. The maximum Gasteiger partial charge on any atom is 0.326 e. The number of thiophene rings is 1. The Labute approximate surface area is 113 Å². The number of carbonyl (C=O) groups is 2. The van der Waals surface area contributed by atoms with Gasteiger partial charge in [0, 0.05) is 23.2 Å². The summed E-state index contributed by atoms with van der Waals surface area (Å²) in [5, 5.41) is 11.6. The second-order valence-electron chi connectivity index (χ2n) is 4.06. The number of hydrogen-bond donors (Lipinski definition) is 3. The van der Waals surface area contributed by atoms with Crippen LogP contribution in [0.5, 0.6) is 0 Å². The summed E-state index contributed by atoms with van der Waals surface area (Å²) >= 11 is 1.33. The van der Waals surface area contributed by atoms with E-state index in [4.69, 9.17) is 5.11 Å². The van der Waals surface area contributed by atoms with Gasteiger partial charge in [-0.3, -0.25) is 4.79 Å². The van der Waals surface area contributed by atoms with Crippen molar-refractivity contribution in [3.63, 3.8) is 0 Å². The molecule has 0 fully saturated rings. The van der Waals surface area contributed by atoms with Gasteiger partial charge in [0.05, 0.1) is 11.2 Å². The zero-order valence-corrected chi connectivity index (χ0v) is 11.0. The number of nitrogens with zero attached hydrogens (tertiary/aromatic N) is 1. The van der Waals surface area contributed by atoms with Crippen LogP contribution >= 0.6 is 11.3 Å². The molecule has 0 aromatic carbocycles. The SMILES string of the molecule is Cc1ccc(C(=O)N[C@@H](Cc2cnc[nH]2)C(=O)O)s1. The van der Waals surface area contributed by atoms with Crippen molar-refractivity contribution in [2.45, 2.75) is 19.4 Å². The molecular weight excluding hydrogens is 266 g/mol. The van der Waals surface area contributed by atoms with Gasteiger partial charge >= 0.3 is 5.97 Å². The van der Waals surface area contributed by atoms with E-state index in [1.807, 2.05) is 13.0 Å². The molecule has 100 valence electrons. The van der Waals surface area contributed by atoms with Crippen LogP contribution in [0, 0.1) is 6.92 Å². The molecule has 0 aliphatic rings. The third-order valence-electron chi connectivity index (χ3n) is 2.55. The second kappa shape index (κ2) is 5.66. The average Bonchev–Trinajstić information content (AvgIpc) is 2.99. The molecule has 7 heteroatoms. The Morgan fingerprint density at radius 3 is 2.84 bits per heavy atom. The summed E-state index contributed by atoms with van der Waals surface area (Å²) < 4.78 is 0. The van der Waals surface area contributed by atoms with Gasteiger partial charge in [0.2, 0.25) is 0 Å². The molecule has 2 aromatic heterocycles. The van der Waals surface area contributed by atoms with E-state index in [0.29, 0.717) is 10.6 Å². The van der Waals surface area contributed by atoms with Gasteiger partial charge in [-0.05, 0) is 19.1 Å². The van der Waals surface area contributed by atoms with E-state index < -0.39 is 12.0 Å². The molecular formula is C12H13N3O3S. The molecule has 3 N–H and O–H groups in total. The molecule has 2 rings (SSSR count). The van der Waals surface area contributed by atoms with E-state index in [9.17, 15) is 9.59 Å². The third-order valence-corrected chi connectivity index (χ3v) is 3.55. The lowest BCUT2D eigenvalue weighted by Gasteiger charge is -2.12. The summed E-state index contributed by atoms with van der Waals surface area (Å²) in [5.41, 5.74) is 0.662. The third kappa shape index (κ3) is 3.41. The van der Waals surface area contributed by atoms with Gasteiger partial charge < -0.3 is 15.4 Å². The Kier molecular flexibility index (Phi) is 3.96. The summed E-state index contributed by atoms with van der Waals surface area (Å²) in [4.78, 5) is 31.2. The summed E-state index contributed by atoms with van der Waals surface area (Å²) in [6.45, 7) is 1.89. The number of amides is 1. The van der Waals surface area contributed by atoms with Crippen LogP contribution < -0.4 is 5.32 Å². The van der Waals surface area contributed by atoms with Gasteiger partial charge in [0.15, 0.2) is 0 Å². The molecule has 0 aliphatic heterocycles. The largest absolute Gasteiger partial charge is 0.480 e. The lowest BCUT2D eigenvalue weighted by molar-refractivity contribution is -0.139. The van der Waals surface area contributed by atoms with Gasteiger partial charge in [-0.2, -0.15) is 0 Å². The summed E-state index contributed by atoms with van der Waals surface area (Å²) in [6, 6.07) is 2.53. The van der Waals surface area contributed by atoms with Crippen LogP contribution in [0.25, 0.3) is 0 Å². The van der Waals surface area contributed by atoms with Crippen molar-refractivity contribution in [2.75, 3.05) is 0 Å². The molecule has 0 unspecified atom stereocenters. The van der Waals surface area contributed by atoms with E-state index in [2.05, 4.69) is 15.3 Å². The highest BCUT2D eigenvalue weighted by atomic mass is 32.1. The normalized spacial score (nSPS) is 12.1. The van der Waals surface area contributed by atoms with Gasteiger partial charge in [-0.1, -0.05) is 0 Å². The molecule has 2 aromatic rings. The van der Waals surface area contributed by atoms with E-state index >= 15 is 0 Å². The number of carbonyl (C=O) groups excluding carboxylic acids is 1. The molecule has 0 bridgehead atoms. The van der Waals surface area contributed by atoms with Crippen molar-refractivity contribution < 1.29 is 14.7 Å². The Morgan fingerprint density at radius 2 is 2.32 bits per heavy atom. The fourth-order valence-electron chi connectivity index (χ4n) is 1.60. The van der Waals surface area contributed by atoms with Crippen molar-refractivity contribution in [3.8, 4) is 0 Å². The van der Waals surface area contributed by atoms with Crippen LogP contribution in [0.15, 0.2) is 24.7 Å².